The van der Waals surface area contributed by atoms with Crippen molar-refractivity contribution in [2.45, 2.75) is 24.9 Å². The highest BCUT2D eigenvalue weighted by molar-refractivity contribution is 9.11. The van der Waals surface area contributed by atoms with E-state index in [1.165, 1.54) is 0 Å². The third-order valence-corrected chi connectivity index (χ3v) is 9.17. The van der Waals surface area contributed by atoms with E-state index < -0.39 is 5.60 Å². The lowest BCUT2D eigenvalue weighted by molar-refractivity contribution is -0.946. The van der Waals surface area contributed by atoms with Crippen LogP contribution in [-0.2, 0) is 5.60 Å². The molecular weight excluding hydrogens is 622 g/mol. The minimum atomic E-state index is -0.967. The summed E-state index contributed by atoms with van der Waals surface area (Å²) in [6.07, 6.45) is 3.07. The van der Waals surface area contributed by atoms with Crippen LogP contribution in [0, 0.1) is 5.41 Å². The minimum Gasteiger partial charge on any atom is -1.00 e. The lowest BCUT2D eigenvalue weighted by atomic mass is 9.56. The smallest absolute Gasteiger partial charge is 0.137 e. The first-order chi connectivity index (χ1) is 16.0. The van der Waals surface area contributed by atoms with Gasteiger partial charge >= 0.3 is 0 Å². The second-order valence-corrected chi connectivity index (χ2v) is 11.4. The van der Waals surface area contributed by atoms with Crippen molar-refractivity contribution in [3.63, 3.8) is 0 Å². The van der Waals surface area contributed by atoms with Gasteiger partial charge in [-0.15, -0.1) is 0 Å². The third kappa shape index (κ3) is 4.64. The first-order valence-electron chi connectivity index (χ1n) is 11.7. The molecular formula is C28H30Br3NO2. The Labute approximate surface area is 229 Å². The monoisotopic (exact) mass is 649 g/mol. The number of aliphatic hydroxyl groups is 1. The molecule has 6 heteroatoms. The Morgan fingerprint density at radius 2 is 1.35 bits per heavy atom. The van der Waals surface area contributed by atoms with Crippen molar-refractivity contribution in [1.82, 2.24) is 0 Å². The van der Waals surface area contributed by atoms with E-state index in [1.807, 2.05) is 54.6 Å². The Morgan fingerprint density at radius 1 is 0.824 bits per heavy atom. The fraction of sp³-hybridized carbons (Fsp3) is 0.357. The molecule has 3 aliphatic rings. The van der Waals surface area contributed by atoms with Gasteiger partial charge in [-0.25, -0.2) is 0 Å². The van der Waals surface area contributed by atoms with Gasteiger partial charge in [-0.1, -0.05) is 76.6 Å². The van der Waals surface area contributed by atoms with Crippen LogP contribution in [0.4, 0.5) is 0 Å². The summed E-state index contributed by atoms with van der Waals surface area (Å²) in [7, 11) is 0. The van der Waals surface area contributed by atoms with Gasteiger partial charge in [-0.2, -0.15) is 0 Å². The van der Waals surface area contributed by atoms with E-state index in [0.717, 1.165) is 75.7 Å². The largest absolute Gasteiger partial charge is 1.00 e. The molecule has 34 heavy (non-hydrogen) atoms. The number of quaternary nitrogens is 1. The van der Waals surface area contributed by atoms with Crippen LogP contribution in [0.2, 0.25) is 0 Å². The van der Waals surface area contributed by atoms with Crippen molar-refractivity contribution in [2.75, 3.05) is 32.8 Å². The van der Waals surface area contributed by atoms with Gasteiger partial charge in [-0.05, 0) is 45.3 Å². The van der Waals surface area contributed by atoms with E-state index >= 15 is 0 Å². The van der Waals surface area contributed by atoms with Crippen LogP contribution in [0.3, 0.4) is 0 Å². The third-order valence-electron chi connectivity index (χ3n) is 8.06. The zero-order valence-electron chi connectivity index (χ0n) is 19.1. The van der Waals surface area contributed by atoms with Crippen LogP contribution in [0.5, 0.6) is 5.75 Å². The minimum absolute atomic E-state index is 0. The van der Waals surface area contributed by atoms with Crippen molar-refractivity contribution in [3.05, 3.63) is 98.9 Å². The van der Waals surface area contributed by atoms with E-state index in [4.69, 9.17) is 4.74 Å². The summed E-state index contributed by atoms with van der Waals surface area (Å²) < 4.78 is 9.24. The van der Waals surface area contributed by atoms with Crippen molar-refractivity contribution < 1.29 is 31.3 Å². The summed E-state index contributed by atoms with van der Waals surface area (Å²) in [6, 6.07) is 26.6. The van der Waals surface area contributed by atoms with Gasteiger partial charge in [0.1, 0.15) is 24.5 Å². The highest BCUT2D eigenvalue weighted by Gasteiger charge is 2.60. The topological polar surface area (TPSA) is 29.5 Å². The second kappa shape index (κ2) is 10.4. The average Bonchev–Trinajstić information content (AvgIpc) is 2.87. The summed E-state index contributed by atoms with van der Waals surface area (Å²) in [5.41, 5.74) is 0.930. The molecule has 3 aromatic rings. The predicted molar refractivity (Wildman–Crippen MR) is 139 cm³/mol. The molecule has 3 saturated heterocycles. The van der Waals surface area contributed by atoms with Crippen LogP contribution < -0.4 is 21.7 Å². The lowest BCUT2D eigenvalue weighted by Gasteiger charge is -2.60. The van der Waals surface area contributed by atoms with Crippen molar-refractivity contribution in [3.8, 4) is 5.75 Å². The summed E-state index contributed by atoms with van der Waals surface area (Å²) in [5.74, 6) is 0.891. The molecule has 3 fully saturated rings. The zero-order chi connectivity index (χ0) is 22.9. The normalized spacial score (nSPS) is 23.9. The van der Waals surface area contributed by atoms with E-state index in [0.29, 0.717) is 6.61 Å². The van der Waals surface area contributed by atoms with Crippen molar-refractivity contribution >= 4 is 31.9 Å². The number of benzene rings is 3. The molecule has 1 N–H and O–H groups in total. The fourth-order valence-corrected chi connectivity index (χ4v) is 7.18. The van der Waals surface area contributed by atoms with E-state index in [1.54, 1.807) is 0 Å². The van der Waals surface area contributed by atoms with Crippen LogP contribution in [0.1, 0.15) is 30.4 Å². The molecule has 3 nitrogen and oxygen atoms in total. The summed E-state index contributed by atoms with van der Waals surface area (Å²) in [4.78, 5) is 0. The molecule has 180 valence electrons. The van der Waals surface area contributed by atoms with E-state index in [2.05, 4.69) is 56.1 Å². The quantitative estimate of drug-likeness (QED) is 0.397. The van der Waals surface area contributed by atoms with E-state index in [-0.39, 0.29) is 22.4 Å². The number of halogens is 3. The second-order valence-electron chi connectivity index (χ2n) is 9.63. The number of hydrogen-bond acceptors (Lipinski definition) is 2. The SMILES string of the molecule is OC(c1ccccc1)(c1ccccc1)C12CC[N+](CCOc3ccc(Br)cc3Br)(CC1)CC2.[Br-]. The number of fused-ring (bicyclic) bond motifs is 3. The molecule has 0 aromatic heterocycles. The molecule has 0 radical (unpaired) electrons. The van der Waals surface area contributed by atoms with Gasteiger partial charge in [0.25, 0.3) is 0 Å². The molecule has 0 spiro atoms. The lowest BCUT2D eigenvalue weighted by Crippen LogP contribution is -3.00. The van der Waals surface area contributed by atoms with Gasteiger partial charge in [0.15, 0.2) is 0 Å². The number of ether oxygens (including phenoxy) is 1. The molecule has 6 rings (SSSR count). The maximum absolute atomic E-state index is 12.5. The summed E-state index contributed by atoms with van der Waals surface area (Å²) in [6.45, 7) is 4.98. The molecule has 3 aromatic carbocycles. The average molecular weight is 652 g/mol. The Kier molecular flexibility index (Phi) is 7.95. The van der Waals surface area contributed by atoms with Crippen LogP contribution >= 0.6 is 31.9 Å². The number of rotatable bonds is 7. The molecule has 0 unspecified atom stereocenters. The van der Waals surface area contributed by atoms with E-state index in [9.17, 15) is 5.11 Å². The Balaban J connectivity index is 0.00000274. The fourth-order valence-electron chi connectivity index (χ4n) is 6.02. The standard InChI is InChI=1S/C28H30Br2NO2.BrH/c29-24-11-12-26(25(30)21-24)33-20-19-31-16-13-27(14-17-31,15-18-31)28(32,22-7-3-1-4-8-22)23-9-5-2-6-10-23;/h1-12,21,32H,13-20H2;1H/q+1;/p-1. The highest BCUT2D eigenvalue weighted by atomic mass is 79.9. The Hall–Kier alpha value is -1.18. The predicted octanol–water partition coefficient (Wildman–Crippen LogP) is 3.53. The molecule has 0 aliphatic carbocycles. The molecule has 0 saturated carbocycles. The molecule has 0 amide bonds. The van der Waals surface area contributed by atoms with Crippen LogP contribution in [0.25, 0.3) is 0 Å². The molecule has 3 aliphatic heterocycles. The van der Waals surface area contributed by atoms with Crippen molar-refractivity contribution in [1.29, 1.82) is 0 Å². The zero-order valence-corrected chi connectivity index (χ0v) is 23.9. The van der Waals surface area contributed by atoms with Gasteiger partial charge in [-0.3, -0.25) is 0 Å². The summed E-state index contributed by atoms with van der Waals surface area (Å²) >= 11 is 7.09. The van der Waals surface area contributed by atoms with Gasteiger partial charge in [0, 0.05) is 29.2 Å². The molecule has 2 bridgehead atoms. The summed E-state index contributed by atoms with van der Waals surface area (Å²) in [5, 5.41) is 12.5. The highest BCUT2D eigenvalue weighted by Crippen LogP contribution is 2.57. The number of hydrogen-bond donors (Lipinski definition) is 1. The van der Waals surface area contributed by atoms with Gasteiger partial charge in [0.2, 0.25) is 0 Å². The Bertz CT molecular complexity index is 1040. The first kappa shape index (κ1) is 25.9. The van der Waals surface area contributed by atoms with Gasteiger partial charge in [0.05, 0.1) is 24.1 Å². The molecule has 0 atom stereocenters. The van der Waals surface area contributed by atoms with Gasteiger partial charge < -0.3 is 31.3 Å². The van der Waals surface area contributed by atoms with Crippen molar-refractivity contribution in [2.24, 2.45) is 5.41 Å². The Morgan fingerprint density at radius 3 is 1.85 bits per heavy atom. The number of nitrogens with zero attached hydrogens (tertiary/aromatic N) is 1. The first-order valence-corrected chi connectivity index (χ1v) is 13.3. The van der Waals surface area contributed by atoms with Crippen LogP contribution in [0.15, 0.2) is 87.8 Å². The maximum Gasteiger partial charge on any atom is 0.137 e. The maximum atomic E-state index is 12.5. The van der Waals surface area contributed by atoms with Crippen LogP contribution in [-0.4, -0.2) is 42.4 Å². The molecule has 3 heterocycles. The number of piperidine rings is 3.